The quantitative estimate of drug-likeness (QED) is 0.0678. The Morgan fingerprint density at radius 3 is 1.66 bits per heavy atom. The van der Waals surface area contributed by atoms with Gasteiger partial charge in [-0.1, -0.05) is 78.9 Å². The molecule has 1 saturated heterocycles. The molecule has 4 N–H and O–H groups in total. The zero-order chi connectivity index (χ0) is 49.2. The second-order valence-electron chi connectivity index (χ2n) is 17.0. The molecule has 7 aromatic rings. The number of pyridine rings is 2. The molecule has 16 nitrogen and oxygen atoms in total. The molecule has 0 radical (unpaired) electrons. The minimum atomic E-state index is -3.88. The Bertz CT molecular complexity index is 3410. The molecule has 18 heteroatoms. The molecule has 0 bridgehead atoms. The van der Waals surface area contributed by atoms with Gasteiger partial charge < -0.3 is 9.47 Å². The lowest BCUT2D eigenvalue weighted by molar-refractivity contribution is -0.130. The topological polar surface area (TPSA) is 218 Å². The Labute approximate surface area is 404 Å². The number of benzene rings is 5. The van der Waals surface area contributed by atoms with Gasteiger partial charge in [-0.05, 0) is 98.3 Å². The number of aryl methyl sites for hydroxylation is 2. The Hall–Kier alpha value is -7.64. The highest BCUT2D eigenvalue weighted by Gasteiger charge is 2.52. The van der Waals surface area contributed by atoms with Crippen LogP contribution in [0, 0.1) is 19.8 Å². The second-order valence-corrected chi connectivity index (χ2v) is 20.7. The standard InChI is InChI=1S/C26H25N3O5S.C26H23N3O5S/c2*1-17-14-18(21-6-2-4-8-23(21)27-17)16-34-20-12-10-19(11-13-20)29-24(15-26(30)28-31)22-7-3-5-9-25(22)35(29,32)33/h2-14,22,24-25,31H,15-16H2,1H3,(H,28,30);2-14,24,31H,15-16H2,1H3,(H,28,30)/t22?,24-,25?;24-/m01/s1. The Kier molecular flexibility index (Phi) is 13.4. The number of hydrogen-bond donors (Lipinski definition) is 4. The number of sulfonamides is 2. The number of rotatable bonds is 12. The van der Waals surface area contributed by atoms with Crippen LogP contribution in [0.2, 0.25) is 0 Å². The highest BCUT2D eigenvalue weighted by atomic mass is 32.2. The van der Waals surface area contributed by atoms with Crippen molar-refractivity contribution in [2.45, 2.75) is 62.1 Å². The van der Waals surface area contributed by atoms with Gasteiger partial charge >= 0.3 is 0 Å². The van der Waals surface area contributed by atoms with E-state index in [0.29, 0.717) is 41.7 Å². The normalized spacial score (nSPS) is 19.2. The number of anilines is 2. The summed E-state index contributed by atoms with van der Waals surface area (Å²) in [6.45, 7) is 4.55. The molecule has 2 aromatic heterocycles. The van der Waals surface area contributed by atoms with Crippen molar-refractivity contribution in [1.29, 1.82) is 0 Å². The van der Waals surface area contributed by atoms with Gasteiger partial charge in [0.15, 0.2) is 0 Å². The molecule has 2 unspecified atom stereocenters. The predicted octanol–water partition coefficient (Wildman–Crippen LogP) is 7.91. The fraction of sp³-hybridized carbons (Fsp3) is 0.192. The molecule has 3 aliphatic rings. The zero-order valence-corrected chi connectivity index (χ0v) is 39.5. The zero-order valence-electron chi connectivity index (χ0n) is 37.9. The number of para-hydroxylation sites is 2. The van der Waals surface area contributed by atoms with Crippen LogP contribution in [0.25, 0.3) is 21.8 Å². The maximum Gasteiger partial charge on any atom is 0.265 e. The van der Waals surface area contributed by atoms with E-state index in [1.54, 1.807) is 102 Å². The minimum absolute atomic E-state index is 0.149. The Morgan fingerprint density at radius 2 is 1.10 bits per heavy atom. The van der Waals surface area contributed by atoms with Gasteiger partial charge in [0.1, 0.15) is 30.0 Å². The van der Waals surface area contributed by atoms with E-state index in [-0.39, 0.29) is 17.7 Å². The van der Waals surface area contributed by atoms with Crippen LogP contribution in [0.3, 0.4) is 0 Å². The highest BCUT2D eigenvalue weighted by Crippen LogP contribution is 2.45. The van der Waals surface area contributed by atoms with Crippen LogP contribution in [-0.4, -0.2) is 60.3 Å². The monoisotopic (exact) mass is 980 g/mol. The maximum absolute atomic E-state index is 13.4. The molecule has 10 rings (SSSR count). The van der Waals surface area contributed by atoms with Crippen LogP contribution in [0.1, 0.15) is 47.0 Å². The first-order valence-electron chi connectivity index (χ1n) is 22.3. The lowest BCUT2D eigenvalue weighted by Crippen LogP contribution is -2.38. The molecule has 5 aromatic carbocycles. The van der Waals surface area contributed by atoms with E-state index in [1.165, 1.54) is 14.7 Å². The summed E-state index contributed by atoms with van der Waals surface area (Å²) < 4.78 is 67.9. The molecule has 1 fully saturated rings. The molecule has 2 amide bonds. The third-order valence-electron chi connectivity index (χ3n) is 12.4. The number of nitrogens with zero attached hydrogens (tertiary/aromatic N) is 4. The third kappa shape index (κ3) is 9.41. The number of fused-ring (bicyclic) bond motifs is 4. The van der Waals surface area contributed by atoms with E-state index in [9.17, 15) is 26.4 Å². The fourth-order valence-corrected chi connectivity index (χ4v) is 13.5. The lowest BCUT2D eigenvalue weighted by Gasteiger charge is -2.26. The molecule has 2 aliphatic heterocycles. The molecule has 4 atom stereocenters. The molecule has 4 heterocycles. The number of hydroxylamine groups is 2. The molecular weight excluding hydrogens is 933 g/mol. The molecule has 358 valence electrons. The highest BCUT2D eigenvalue weighted by molar-refractivity contribution is 7.94. The predicted molar refractivity (Wildman–Crippen MR) is 263 cm³/mol. The van der Waals surface area contributed by atoms with E-state index < -0.39 is 55.1 Å². The summed E-state index contributed by atoms with van der Waals surface area (Å²) in [7, 11) is -7.63. The maximum atomic E-state index is 13.4. The lowest BCUT2D eigenvalue weighted by atomic mass is 9.90. The van der Waals surface area contributed by atoms with Crippen molar-refractivity contribution in [3.05, 3.63) is 186 Å². The van der Waals surface area contributed by atoms with Crippen molar-refractivity contribution in [2.75, 3.05) is 8.61 Å². The van der Waals surface area contributed by atoms with Crippen molar-refractivity contribution < 1.29 is 46.3 Å². The van der Waals surface area contributed by atoms with Crippen molar-refractivity contribution in [2.24, 2.45) is 5.92 Å². The fourth-order valence-electron chi connectivity index (χ4n) is 9.37. The number of carbonyl (C=O) groups is 2. The molecule has 1 aliphatic carbocycles. The number of ether oxygens (including phenoxy) is 2. The van der Waals surface area contributed by atoms with Crippen molar-refractivity contribution in [3.63, 3.8) is 0 Å². The van der Waals surface area contributed by atoms with E-state index in [4.69, 9.17) is 19.9 Å². The van der Waals surface area contributed by atoms with E-state index >= 15 is 0 Å². The summed E-state index contributed by atoms with van der Waals surface area (Å²) in [6.07, 6.45) is 6.54. The van der Waals surface area contributed by atoms with Gasteiger partial charge in [-0.15, -0.1) is 0 Å². The number of hydrogen-bond acceptors (Lipinski definition) is 12. The second kappa shape index (κ2) is 19.8. The average molecular weight is 981 g/mol. The van der Waals surface area contributed by atoms with E-state index in [1.807, 2.05) is 74.5 Å². The van der Waals surface area contributed by atoms with Crippen LogP contribution in [0.5, 0.6) is 11.5 Å². The van der Waals surface area contributed by atoms with Gasteiger partial charge in [0, 0.05) is 39.2 Å². The summed E-state index contributed by atoms with van der Waals surface area (Å²) >= 11 is 0. The van der Waals surface area contributed by atoms with E-state index in [2.05, 4.69) is 9.97 Å². The van der Waals surface area contributed by atoms with Gasteiger partial charge in [-0.2, -0.15) is 0 Å². The largest absolute Gasteiger partial charge is 0.489 e. The SMILES string of the molecule is Cc1cc(COc2ccc(N3[C@@H](CC(=O)NO)C4C=CC=CC4S3(=O)=O)cc2)c2ccccc2n1.Cc1cc(COc2ccc(N3[C@H](CC(=O)NO)c4ccccc4S3(=O)=O)cc2)c2ccccc2n1. The van der Waals surface area contributed by atoms with Crippen LogP contribution >= 0.6 is 0 Å². The molecule has 0 spiro atoms. The summed E-state index contributed by atoms with van der Waals surface area (Å²) in [5.41, 5.74) is 10.2. The minimum Gasteiger partial charge on any atom is -0.489 e. The first kappa shape index (κ1) is 47.4. The van der Waals surface area contributed by atoms with Gasteiger partial charge in [-0.25, -0.2) is 27.8 Å². The number of allylic oxidation sites excluding steroid dienone is 2. The van der Waals surface area contributed by atoms with Crippen molar-refractivity contribution >= 4 is 65.0 Å². The number of nitrogens with one attached hydrogen (secondary N) is 2. The van der Waals surface area contributed by atoms with Crippen LogP contribution in [0.15, 0.2) is 163 Å². The van der Waals surface area contributed by atoms with Gasteiger partial charge in [0.2, 0.25) is 21.8 Å². The first-order valence-corrected chi connectivity index (χ1v) is 25.2. The van der Waals surface area contributed by atoms with Crippen molar-refractivity contribution in [3.8, 4) is 11.5 Å². The number of carbonyl (C=O) groups excluding carboxylic acids is 2. The van der Waals surface area contributed by atoms with Gasteiger partial charge in [0.25, 0.3) is 10.0 Å². The summed E-state index contributed by atoms with van der Waals surface area (Å²) in [4.78, 5) is 33.2. The number of aromatic nitrogens is 2. The molecule has 0 saturated carbocycles. The molecular formula is C52H48N6O10S2. The number of amides is 2. The van der Waals surface area contributed by atoms with Gasteiger partial charge in [0.05, 0.1) is 52.2 Å². The Balaban J connectivity index is 0.000000174. The smallest absolute Gasteiger partial charge is 0.265 e. The van der Waals surface area contributed by atoms with Crippen LogP contribution < -0.4 is 29.0 Å². The van der Waals surface area contributed by atoms with Crippen LogP contribution in [-0.2, 0) is 42.8 Å². The Morgan fingerprint density at radius 1 is 0.614 bits per heavy atom. The van der Waals surface area contributed by atoms with E-state index in [0.717, 1.165) is 44.3 Å². The van der Waals surface area contributed by atoms with Crippen LogP contribution in [0.4, 0.5) is 11.4 Å². The molecule has 70 heavy (non-hydrogen) atoms. The first-order chi connectivity index (χ1) is 33.8. The summed E-state index contributed by atoms with van der Waals surface area (Å²) in [5.74, 6) is -0.552. The third-order valence-corrected chi connectivity index (χ3v) is 16.5. The average Bonchev–Trinajstić information content (AvgIpc) is 3.73. The summed E-state index contributed by atoms with van der Waals surface area (Å²) in [6, 6.07) is 38.4. The van der Waals surface area contributed by atoms with Gasteiger partial charge in [-0.3, -0.25) is 38.6 Å². The van der Waals surface area contributed by atoms with Crippen molar-refractivity contribution in [1.82, 2.24) is 20.9 Å². The summed E-state index contributed by atoms with van der Waals surface area (Å²) in [5, 5.41) is 19.3.